The second kappa shape index (κ2) is 76.3. The van der Waals surface area contributed by atoms with Crippen LogP contribution in [0.25, 0.3) is 0 Å². The number of hydrogen-bond donors (Lipinski definition) is 3. The van der Waals surface area contributed by atoms with Crippen LogP contribution in [0.1, 0.15) is 445 Å². The van der Waals surface area contributed by atoms with Gasteiger partial charge in [-0.15, -0.1) is 0 Å². The van der Waals surface area contributed by atoms with Gasteiger partial charge in [0.05, 0.1) is 26.4 Å². The third-order valence-corrected chi connectivity index (χ3v) is 21.3. The van der Waals surface area contributed by atoms with Gasteiger partial charge in [-0.2, -0.15) is 0 Å². The van der Waals surface area contributed by atoms with E-state index in [1.54, 1.807) is 0 Å². The average Bonchev–Trinajstić information content (AvgIpc) is 1.15. The number of ether oxygens (including phenoxy) is 4. The van der Waals surface area contributed by atoms with E-state index in [0.717, 1.165) is 89.9 Å². The number of esters is 4. The van der Waals surface area contributed by atoms with Crippen molar-refractivity contribution in [3.63, 3.8) is 0 Å². The number of carbonyl (C=O) groups excluding carboxylic acids is 4. The Hall–Kier alpha value is -1.94. The Morgan fingerprint density at radius 2 is 0.396 bits per heavy atom. The van der Waals surface area contributed by atoms with Gasteiger partial charge < -0.3 is 33.8 Å². The van der Waals surface area contributed by atoms with Crippen LogP contribution in [0.4, 0.5) is 0 Å². The van der Waals surface area contributed by atoms with Crippen LogP contribution in [0.15, 0.2) is 0 Å². The number of rotatable bonds is 83. The van der Waals surface area contributed by atoms with Gasteiger partial charge >= 0.3 is 39.5 Å². The van der Waals surface area contributed by atoms with Crippen molar-refractivity contribution in [2.75, 3.05) is 39.6 Å². The molecule has 0 rings (SSSR count). The molecule has 0 aliphatic rings. The van der Waals surface area contributed by atoms with Crippen LogP contribution in [0.2, 0.25) is 0 Å². The highest BCUT2D eigenvalue weighted by Gasteiger charge is 2.30. The van der Waals surface area contributed by atoms with E-state index in [-0.39, 0.29) is 25.7 Å². The number of unbranched alkanes of at least 4 members (excludes halogenated alkanes) is 57. The summed E-state index contributed by atoms with van der Waals surface area (Å²) in [6.45, 7) is 5.02. The summed E-state index contributed by atoms with van der Waals surface area (Å²) in [6, 6.07) is 0. The van der Waals surface area contributed by atoms with Crippen molar-refractivity contribution in [2.45, 2.75) is 463 Å². The molecule has 0 fully saturated rings. The third-order valence-electron chi connectivity index (χ3n) is 19.4. The van der Waals surface area contributed by atoms with Crippen molar-refractivity contribution in [1.29, 1.82) is 0 Å². The number of phosphoric acid groups is 2. The lowest BCUT2D eigenvalue weighted by Crippen LogP contribution is -2.30. The molecule has 0 saturated carbocycles. The molecule has 0 aliphatic carbocycles. The molecule has 0 aromatic heterocycles. The highest BCUT2D eigenvalue weighted by molar-refractivity contribution is 7.47. The molecule has 0 aromatic rings. The summed E-state index contributed by atoms with van der Waals surface area (Å²) in [4.78, 5) is 73.0. The maximum absolute atomic E-state index is 13.1. The second-order valence-electron chi connectivity index (χ2n) is 29.5. The number of aliphatic hydroxyl groups is 1. The Labute approximate surface area is 619 Å². The molecule has 600 valence electrons. The van der Waals surface area contributed by atoms with Crippen LogP contribution in [0, 0.1) is 0 Å². The molecule has 0 bridgehead atoms. The molecular weight excluding hydrogens is 1320 g/mol. The fourth-order valence-electron chi connectivity index (χ4n) is 12.8. The number of phosphoric ester groups is 2. The summed E-state index contributed by atoms with van der Waals surface area (Å²) >= 11 is 0. The quantitative estimate of drug-likeness (QED) is 0.0222. The first kappa shape index (κ1) is 99.1. The van der Waals surface area contributed by atoms with Gasteiger partial charge in [0.15, 0.2) is 12.2 Å². The van der Waals surface area contributed by atoms with E-state index in [4.69, 9.17) is 37.0 Å². The van der Waals surface area contributed by atoms with Crippen LogP contribution < -0.4 is 0 Å². The molecular formula is C82H160O17P2. The smallest absolute Gasteiger partial charge is 0.462 e. The molecule has 0 aromatic carbocycles. The van der Waals surface area contributed by atoms with Crippen LogP contribution in [-0.4, -0.2) is 96.7 Å². The Balaban J connectivity index is 5.20. The molecule has 17 nitrogen and oxygen atoms in total. The third kappa shape index (κ3) is 76.1. The van der Waals surface area contributed by atoms with Gasteiger partial charge in [0.1, 0.15) is 19.3 Å². The summed E-state index contributed by atoms with van der Waals surface area (Å²) < 4.78 is 68.7. The number of hydrogen-bond acceptors (Lipinski definition) is 15. The lowest BCUT2D eigenvalue weighted by Gasteiger charge is -2.21. The number of carbonyl (C=O) groups is 4. The predicted octanol–water partition coefficient (Wildman–Crippen LogP) is 25.0. The van der Waals surface area contributed by atoms with E-state index >= 15 is 0 Å². The van der Waals surface area contributed by atoms with Crippen LogP contribution in [-0.2, 0) is 65.4 Å². The summed E-state index contributed by atoms with van der Waals surface area (Å²) in [6.07, 6.45) is 69.4. The Morgan fingerprint density at radius 3 is 0.584 bits per heavy atom. The standard InChI is InChI=1S/C82H160O17P2/c1-5-9-13-17-21-25-29-32-34-36-38-40-42-44-46-49-53-57-61-65-69-82(87)99-78(73-93-80(85)67-63-59-55-51-48-45-43-41-39-37-35-33-30-26-22-18-14-10-6-2)75-97-101(90,91)95-71-76(83)70-94-100(88,89)96-74-77(72-92-79(84)66-62-58-54-50-28-24-20-16-12-8-4)98-81(86)68-64-60-56-52-47-31-27-23-19-15-11-7-3/h76-78,83H,5-75H2,1-4H3,(H,88,89)(H,90,91)/t76-,77+,78+/m0/s1. The fraction of sp³-hybridized carbons (Fsp3) is 0.951. The molecule has 0 amide bonds. The van der Waals surface area contributed by atoms with Crippen LogP contribution in [0.3, 0.4) is 0 Å². The second-order valence-corrected chi connectivity index (χ2v) is 32.4. The van der Waals surface area contributed by atoms with Gasteiger partial charge in [-0.25, -0.2) is 9.13 Å². The normalized spacial score (nSPS) is 13.8. The summed E-state index contributed by atoms with van der Waals surface area (Å²) in [5.74, 6) is -2.10. The maximum atomic E-state index is 13.1. The van der Waals surface area contributed by atoms with Gasteiger partial charge in [0.25, 0.3) is 0 Å². The van der Waals surface area contributed by atoms with Crippen molar-refractivity contribution in [3.8, 4) is 0 Å². The lowest BCUT2D eigenvalue weighted by molar-refractivity contribution is -0.161. The molecule has 0 radical (unpaired) electrons. The first-order valence-corrected chi connectivity index (χ1v) is 45.8. The van der Waals surface area contributed by atoms with E-state index in [1.165, 1.54) is 276 Å². The SMILES string of the molecule is CCCCCCCCCCCCCCCCCCCCCCC(=O)O[C@H](COC(=O)CCCCCCCCCCCCCCCCCCCCC)COP(=O)(O)OC[C@@H](O)COP(=O)(O)OC[C@@H](COC(=O)CCCCCCCCCCCC)OC(=O)CCCCCCCCCCCCCC. The van der Waals surface area contributed by atoms with E-state index in [2.05, 4.69) is 27.7 Å². The highest BCUT2D eigenvalue weighted by Crippen LogP contribution is 2.45. The van der Waals surface area contributed by atoms with Crippen molar-refractivity contribution in [1.82, 2.24) is 0 Å². The number of aliphatic hydroxyl groups excluding tert-OH is 1. The van der Waals surface area contributed by atoms with Gasteiger partial charge in [-0.05, 0) is 25.7 Å². The molecule has 0 aliphatic heterocycles. The van der Waals surface area contributed by atoms with Crippen molar-refractivity contribution < 1.29 is 80.2 Å². The molecule has 5 atom stereocenters. The molecule has 3 N–H and O–H groups in total. The van der Waals surface area contributed by atoms with Crippen LogP contribution in [0.5, 0.6) is 0 Å². The predicted molar refractivity (Wildman–Crippen MR) is 414 cm³/mol. The molecule has 101 heavy (non-hydrogen) atoms. The lowest BCUT2D eigenvalue weighted by atomic mass is 10.0. The molecule has 0 saturated heterocycles. The maximum Gasteiger partial charge on any atom is 0.472 e. The zero-order valence-corrected chi connectivity index (χ0v) is 67.7. The first-order chi connectivity index (χ1) is 49.2. The molecule has 19 heteroatoms. The van der Waals surface area contributed by atoms with Crippen molar-refractivity contribution >= 4 is 39.5 Å². The average molecular weight is 1480 g/mol. The van der Waals surface area contributed by atoms with E-state index in [9.17, 15) is 43.2 Å². The van der Waals surface area contributed by atoms with Gasteiger partial charge in [0.2, 0.25) is 0 Å². The molecule has 0 spiro atoms. The summed E-state index contributed by atoms with van der Waals surface area (Å²) in [5.41, 5.74) is 0. The molecule has 2 unspecified atom stereocenters. The first-order valence-electron chi connectivity index (χ1n) is 42.8. The van der Waals surface area contributed by atoms with E-state index in [1.807, 2.05) is 0 Å². The minimum absolute atomic E-state index is 0.108. The van der Waals surface area contributed by atoms with Gasteiger partial charge in [0, 0.05) is 25.7 Å². The Bertz CT molecular complexity index is 1910. The summed E-state index contributed by atoms with van der Waals surface area (Å²) in [7, 11) is -9.92. The van der Waals surface area contributed by atoms with E-state index in [0.29, 0.717) is 25.7 Å². The largest absolute Gasteiger partial charge is 0.472 e. The summed E-state index contributed by atoms with van der Waals surface area (Å²) in [5, 5.41) is 10.6. The van der Waals surface area contributed by atoms with Gasteiger partial charge in [-0.1, -0.05) is 394 Å². The minimum Gasteiger partial charge on any atom is -0.462 e. The van der Waals surface area contributed by atoms with Gasteiger partial charge in [-0.3, -0.25) is 37.3 Å². The Morgan fingerprint density at radius 1 is 0.238 bits per heavy atom. The zero-order chi connectivity index (χ0) is 73.9. The van der Waals surface area contributed by atoms with Crippen molar-refractivity contribution in [2.24, 2.45) is 0 Å². The zero-order valence-electron chi connectivity index (χ0n) is 65.9. The van der Waals surface area contributed by atoms with Crippen LogP contribution >= 0.6 is 15.6 Å². The minimum atomic E-state index is -4.96. The topological polar surface area (TPSA) is 237 Å². The fourth-order valence-corrected chi connectivity index (χ4v) is 14.4. The molecule has 0 heterocycles. The van der Waals surface area contributed by atoms with Crippen molar-refractivity contribution in [3.05, 3.63) is 0 Å². The monoisotopic (exact) mass is 1480 g/mol. The van der Waals surface area contributed by atoms with E-state index < -0.39 is 97.5 Å². The highest BCUT2D eigenvalue weighted by atomic mass is 31.2. The Kier molecular flexibility index (Phi) is 74.8.